The molecule has 1 rings (SSSR count). The molecular formula is C17H36N2O. The molecule has 1 aliphatic rings. The van der Waals surface area contributed by atoms with Crippen molar-refractivity contribution in [2.45, 2.75) is 71.9 Å². The van der Waals surface area contributed by atoms with Crippen molar-refractivity contribution < 1.29 is 4.74 Å². The number of hydrogen-bond acceptors (Lipinski definition) is 3. The maximum atomic E-state index is 5.84. The van der Waals surface area contributed by atoms with Gasteiger partial charge in [-0.05, 0) is 39.0 Å². The summed E-state index contributed by atoms with van der Waals surface area (Å²) in [6, 6.07) is 0. The molecule has 0 atom stereocenters. The number of nitrogens with one attached hydrogen (secondary N) is 1. The van der Waals surface area contributed by atoms with Gasteiger partial charge in [0.2, 0.25) is 0 Å². The van der Waals surface area contributed by atoms with Gasteiger partial charge >= 0.3 is 0 Å². The van der Waals surface area contributed by atoms with Crippen LogP contribution < -0.4 is 5.32 Å². The first kappa shape index (κ1) is 17.9. The fraction of sp³-hybridized carbons (Fsp3) is 1.00. The standard InChI is InChI=1S/C17H36N2O/c1-7-17(8-2)13-18-16(5,6)14-19(17)10-12-20-11-9-15(3)4/h15,18H,7-14H2,1-6H3. The van der Waals surface area contributed by atoms with Crippen molar-refractivity contribution in [2.75, 3.05) is 32.8 Å². The van der Waals surface area contributed by atoms with Gasteiger partial charge in [0.1, 0.15) is 0 Å². The first-order chi connectivity index (χ1) is 9.35. The van der Waals surface area contributed by atoms with Crippen LogP contribution in [0.2, 0.25) is 0 Å². The molecule has 120 valence electrons. The molecular weight excluding hydrogens is 248 g/mol. The molecule has 0 bridgehead atoms. The molecule has 1 aliphatic heterocycles. The number of ether oxygens (including phenoxy) is 1. The van der Waals surface area contributed by atoms with Crippen LogP contribution in [0.5, 0.6) is 0 Å². The van der Waals surface area contributed by atoms with Crippen molar-refractivity contribution in [3.05, 3.63) is 0 Å². The molecule has 0 aromatic carbocycles. The maximum Gasteiger partial charge on any atom is 0.0593 e. The van der Waals surface area contributed by atoms with Crippen LogP contribution >= 0.6 is 0 Å². The molecule has 1 heterocycles. The fourth-order valence-corrected chi connectivity index (χ4v) is 3.08. The van der Waals surface area contributed by atoms with Crippen LogP contribution in [-0.4, -0.2) is 48.8 Å². The molecule has 3 heteroatoms. The van der Waals surface area contributed by atoms with E-state index in [9.17, 15) is 0 Å². The van der Waals surface area contributed by atoms with Crippen molar-refractivity contribution in [3.63, 3.8) is 0 Å². The van der Waals surface area contributed by atoms with Crippen LogP contribution in [0, 0.1) is 5.92 Å². The van der Waals surface area contributed by atoms with Gasteiger partial charge in [-0.25, -0.2) is 0 Å². The van der Waals surface area contributed by atoms with Gasteiger partial charge in [0.15, 0.2) is 0 Å². The van der Waals surface area contributed by atoms with E-state index in [2.05, 4.69) is 51.8 Å². The quantitative estimate of drug-likeness (QED) is 0.692. The first-order valence-electron chi connectivity index (χ1n) is 8.43. The summed E-state index contributed by atoms with van der Waals surface area (Å²) >= 11 is 0. The van der Waals surface area contributed by atoms with Crippen LogP contribution in [0.1, 0.15) is 60.8 Å². The van der Waals surface area contributed by atoms with E-state index >= 15 is 0 Å². The van der Waals surface area contributed by atoms with Crippen LogP contribution in [0.4, 0.5) is 0 Å². The zero-order valence-corrected chi connectivity index (χ0v) is 14.6. The Morgan fingerprint density at radius 3 is 2.35 bits per heavy atom. The highest BCUT2D eigenvalue weighted by Crippen LogP contribution is 2.29. The van der Waals surface area contributed by atoms with E-state index in [1.54, 1.807) is 0 Å². The molecule has 0 spiro atoms. The summed E-state index contributed by atoms with van der Waals surface area (Å²) in [7, 11) is 0. The second kappa shape index (κ2) is 7.77. The second-order valence-corrected chi connectivity index (χ2v) is 7.39. The summed E-state index contributed by atoms with van der Waals surface area (Å²) in [5, 5.41) is 3.72. The molecule has 0 unspecified atom stereocenters. The molecule has 20 heavy (non-hydrogen) atoms. The zero-order valence-electron chi connectivity index (χ0n) is 14.6. The average Bonchev–Trinajstić information content (AvgIpc) is 2.38. The Hall–Kier alpha value is -0.120. The van der Waals surface area contributed by atoms with Gasteiger partial charge in [0.25, 0.3) is 0 Å². The monoisotopic (exact) mass is 284 g/mol. The fourth-order valence-electron chi connectivity index (χ4n) is 3.08. The Labute approximate surface area is 126 Å². The van der Waals surface area contributed by atoms with Gasteiger partial charge in [-0.2, -0.15) is 0 Å². The molecule has 0 saturated carbocycles. The Kier molecular flexibility index (Phi) is 6.96. The Morgan fingerprint density at radius 1 is 1.15 bits per heavy atom. The molecule has 0 aromatic rings. The highest BCUT2D eigenvalue weighted by Gasteiger charge is 2.41. The number of nitrogens with zero attached hydrogens (tertiary/aromatic N) is 1. The van der Waals surface area contributed by atoms with Crippen LogP contribution in [0.3, 0.4) is 0 Å². The third kappa shape index (κ3) is 5.01. The van der Waals surface area contributed by atoms with E-state index in [1.165, 1.54) is 19.3 Å². The minimum atomic E-state index is 0.214. The van der Waals surface area contributed by atoms with E-state index in [0.717, 1.165) is 38.8 Å². The Bertz CT molecular complexity index is 272. The minimum absolute atomic E-state index is 0.214. The van der Waals surface area contributed by atoms with Crippen molar-refractivity contribution in [1.29, 1.82) is 0 Å². The lowest BCUT2D eigenvalue weighted by molar-refractivity contribution is -0.0134. The summed E-state index contributed by atoms with van der Waals surface area (Å²) in [4.78, 5) is 2.67. The largest absolute Gasteiger partial charge is 0.380 e. The normalized spacial score (nSPS) is 22.4. The summed E-state index contributed by atoms with van der Waals surface area (Å²) < 4.78 is 5.84. The molecule has 1 N–H and O–H groups in total. The molecule has 3 nitrogen and oxygen atoms in total. The summed E-state index contributed by atoms with van der Waals surface area (Å²) in [6.45, 7) is 18.8. The van der Waals surface area contributed by atoms with Crippen LogP contribution in [-0.2, 0) is 4.74 Å². The van der Waals surface area contributed by atoms with E-state index in [0.29, 0.717) is 5.54 Å². The lowest BCUT2D eigenvalue weighted by atomic mass is 9.84. The smallest absolute Gasteiger partial charge is 0.0593 e. The first-order valence-corrected chi connectivity index (χ1v) is 8.43. The summed E-state index contributed by atoms with van der Waals surface area (Å²) in [6.07, 6.45) is 3.58. The number of piperazine rings is 1. The molecule has 0 amide bonds. The highest BCUT2D eigenvalue weighted by atomic mass is 16.5. The molecule has 0 aromatic heterocycles. The van der Waals surface area contributed by atoms with Crippen LogP contribution in [0.25, 0.3) is 0 Å². The van der Waals surface area contributed by atoms with Gasteiger partial charge in [-0.3, -0.25) is 4.90 Å². The topological polar surface area (TPSA) is 24.5 Å². The van der Waals surface area contributed by atoms with Gasteiger partial charge in [0, 0.05) is 37.3 Å². The lowest BCUT2D eigenvalue weighted by Crippen LogP contribution is -2.68. The third-order valence-electron chi connectivity index (χ3n) is 4.81. The number of rotatable bonds is 8. The van der Waals surface area contributed by atoms with Gasteiger partial charge in [-0.1, -0.05) is 27.7 Å². The Balaban J connectivity index is 2.48. The van der Waals surface area contributed by atoms with Crippen LogP contribution in [0.15, 0.2) is 0 Å². The van der Waals surface area contributed by atoms with Crippen molar-refractivity contribution in [2.24, 2.45) is 5.92 Å². The lowest BCUT2D eigenvalue weighted by Gasteiger charge is -2.52. The summed E-state index contributed by atoms with van der Waals surface area (Å²) in [5.41, 5.74) is 0.530. The van der Waals surface area contributed by atoms with Gasteiger partial charge in [-0.15, -0.1) is 0 Å². The van der Waals surface area contributed by atoms with Crippen molar-refractivity contribution >= 4 is 0 Å². The average molecular weight is 284 g/mol. The second-order valence-electron chi connectivity index (χ2n) is 7.39. The van der Waals surface area contributed by atoms with E-state index in [1.807, 2.05) is 0 Å². The maximum absolute atomic E-state index is 5.84. The molecule has 0 radical (unpaired) electrons. The molecule has 1 fully saturated rings. The van der Waals surface area contributed by atoms with Crippen molar-refractivity contribution in [1.82, 2.24) is 10.2 Å². The molecule has 0 aliphatic carbocycles. The molecule has 1 saturated heterocycles. The van der Waals surface area contributed by atoms with E-state index in [4.69, 9.17) is 4.74 Å². The minimum Gasteiger partial charge on any atom is -0.380 e. The van der Waals surface area contributed by atoms with E-state index < -0.39 is 0 Å². The predicted molar refractivity (Wildman–Crippen MR) is 87.2 cm³/mol. The SMILES string of the molecule is CCC1(CC)CNC(C)(C)CN1CCOCCC(C)C. The number of hydrogen-bond donors (Lipinski definition) is 1. The van der Waals surface area contributed by atoms with Gasteiger partial charge < -0.3 is 10.1 Å². The van der Waals surface area contributed by atoms with Crippen molar-refractivity contribution in [3.8, 4) is 0 Å². The third-order valence-corrected chi connectivity index (χ3v) is 4.81. The highest BCUT2D eigenvalue weighted by molar-refractivity contribution is 5.00. The Morgan fingerprint density at radius 2 is 1.80 bits per heavy atom. The van der Waals surface area contributed by atoms with E-state index in [-0.39, 0.29) is 5.54 Å². The zero-order chi connectivity index (χ0) is 15.2. The summed E-state index contributed by atoms with van der Waals surface area (Å²) in [5.74, 6) is 0.735. The predicted octanol–water partition coefficient (Wildman–Crippen LogP) is 3.29. The van der Waals surface area contributed by atoms with Gasteiger partial charge in [0.05, 0.1) is 6.61 Å².